The van der Waals surface area contributed by atoms with Gasteiger partial charge in [0.15, 0.2) is 5.65 Å². The molecular formula is C14H18N4O5S. The summed E-state index contributed by atoms with van der Waals surface area (Å²) in [6.45, 7) is 3.86. The van der Waals surface area contributed by atoms with E-state index < -0.39 is 18.4 Å². The van der Waals surface area contributed by atoms with E-state index in [1.54, 1.807) is 0 Å². The molecule has 10 heteroatoms. The highest BCUT2D eigenvalue weighted by atomic mass is 32.2. The van der Waals surface area contributed by atoms with Crippen molar-refractivity contribution in [2.75, 3.05) is 18.9 Å². The number of aromatic hydroxyl groups is 1. The summed E-state index contributed by atoms with van der Waals surface area (Å²) in [5.41, 5.74) is 0.0432. The first-order valence-corrected chi connectivity index (χ1v) is 8.18. The van der Waals surface area contributed by atoms with E-state index >= 15 is 0 Å². The van der Waals surface area contributed by atoms with Gasteiger partial charge in [-0.05, 0) is 13.8 Å². The predicted molar refractivity (Wildman–Crippen MR) is 86.4 cm³/mol. The summed E-state index contributed by atoms with van der Waals surface area (Å²) in [6, 6.07) is 1.40. The molecule has 0 aliphatic carbocycles. The predicted octanol–water partition coefficient (Wildman–Crippen LogP) is 0.766. The van der Waals surface area contributed by atoms with Crippen LogP contribution in [0.25, 0.3) is 5.65 Å². The number of nitrogens with zero attached hydrogens (tertiary/aromatic N) is 3. The Balaban J connectivity index is 2.22. The molecule has 2 heterocycles. The molecular weight excluding hydrogens is 336 g/mol. The zero-order valence-electron chi connectivity index (χ0n) is 13.2. The molecule has 0 spiro atoms. The number of rotatable bonds is 8. The highest BCUT2D eigenvalue weighted by Crippen LogP contribution is 2.28. The lowest BCUT2D eigenvalue weighted by Gasteiger charge is -2.11. The number of nitrogens with one attached hydrogen (secondary N) is 1. The lowest BCUT2D eigenvalue weighted by atomic mass is 10.2. The number of fused-ring (bicyclic) bond motifs is 1. The second kappa shape index (κ2) is 7.97. The molecule has 0 radical (unpaired) electrons. The molecule has 2 rings (SSSR count). The molecule has 3 N–H and O–H groups in total. The number of carboxylic acid groups (broad SMARTS) is 1. The number of carboxylic acids is 1. The highest BCUT2D eigenvalue weighted by molar-refractivity contribution is 7.99. The number of carbonyl (C=O) groups excluding carboxylic acids is 1. The fraction of sp³-hybridized carbons (Fsp3) is 0.429. The van der Waals surface area contributed by atoms with Crippen LogP contribution in [0.2, 0.25) is 0 Å². The Kier molecular flexibility index (Phi) is 5.99. The van der Waals surface area contributed by atoms with Gasteiger partial charge in [0.05, 0.1) is 12.7 Å². The van der Waals surface area contributed by atoms with Gasteiger partial charge < -0.3 is 20.3 Å². The number of aromatic nitrogens is 3. The first kappa shape index (κ1) is 18.0. The monoisotopic (exact) mass is 354 g/mol. The number of pyridine rings is 1. The van der Waals surface area contributed by atoms with Gasteiger partial charge in [-0.1, -0.05) is 0 Å². The molecule has 0 unspecified atom stereocenters. The van der Waals surface area contributed by atoms with Crippen LogP contribution in [0.4, 0.5) is 0 Å². The second-order valence-electron chi connectivity index (χ2n) is 5.08. The minimum atomic E-state index is -1.18. The number of carbonyl (C=O) groups is 2. The Labute approximate surface area is 142 Å². The highest BCUT2D eigenvalue weighted by Gasteiger charge is 2.20. The summed E-state index contributed by atoms with van der Waals surface area (Å²) in [6.07, 6.45) is 1.39. The van der Waals surface area contributed by atoms with Crippen molar-refractivity contribution in [3.8, 4) is 5.75 Å². The van der Waals surface area contributed by atoms with Crippen molar-refractivity contribution in [1.29, 1.82) is 0 Å². The maximum Gasteiger partial charge on any atom is 0.322 e. The third-order valence-electron chi connectivity index (χ3n) is 2.91. The van der Waals surface area contributed by atoms with Crippen LogP contribution in [0, 0.1) is 0 Å². The molecule has 0 fully saturated rings. The summed E-state index contributed by atoms with van der Waals surface area (Å²) in [5, 5.41) is 25.6. The first-order valence-electron chi connectivity index (χ1n) is 7.20. The molecule has 130 valence electrons. The maximum absolute atomic E-state index is 12.1. The molecule has 0 bridgehead atoms. The Bertz CT molecular complexity index is 746. The number of amides is 1. The zero-order valence-corrected chi connectivity index (χ0v) is 14.0. The molecule has 9 nitrogen and oxygen atoms in total. The summed E-state index contributed by atoms with van der Waals surface area (Å²) in [5.74, 6) is -1.56. The smallest absolute Gasteiger partial charge is 0.322 e. The van der Waals surface area contributed by atoms with Crippen LogP contribution in [-0.4, -0.2) is 61.7 Å². The number of ether oxygens (including phenoxy) is 1. The molecule has 0 aromatic carbocycles. The molecule has 0 saturated carbocycles. The Morgan fingerprint density at radius 2 is 2.21 bits per heavy atom. The van der Waals surface area contributed by atoms with Crippen LogP contribution >= 0.6 is 11.8 Å². The molecule has 0 aliphatic heterocycles. The Hall–Kier alpha value is -2.33. The van der Waals surface area contributed by atoms with Crippen molar-refractivity contribution >= 4 is 29.3 Å². The Morgan fingerprint density at radius 1 is 1.46 bits per heavy atom. The van der Waals surface area contributed by atoms with E-state index in [0.717, 1.165) is 0 Å². The van der Waals surface area contributed by atoms with Crippen LogP contribution < -0.4 is 5.32 Å². The molecule has 0 saturated heterocycles. The van der Waals surface area contributed by atoms with Gasteiger partial charge in [0.1, 0.15) is 29.2 Å². The van der Waals surface area contributed by atoms with E-state index in [9.17, 15) is 14.7 Å². The van der Waals surface area contributed by atoms with Crippen LogP contribution in [0.3, 0.4) is 0 Å². The molecule has 1 amide bonds. The van der Waals surface area contributed by atoms with Crippen molar-refractivity contribution < 1.29 is 24.5 Å². The van der Waals surface area contributed by atoms with Crippen LogP contribution in [0.5, 0.6) is 5.75 Å². The SMILES string of the molecule is CC(C)OCCSc1cc(O)c(C(=O)NCC(=O)O)c2ncnn12. The number of hydrogen-bond acceptors (Lipinski definition) is 7. The van der Waals surface area contributed by atoms with Gasteiger partial charge >= 0.3 is 5.97 Å². The summed E-state index contributed by atoms with van der Waals surface area (Å²) in [4.78, 5) is 26.6. The van der Waals surface area contributed by atoms with Gasteiger partial charge in [0, 0.05) is 11.8 Å². The third kappa shape index (κ3) is 4.36. The van der Waals surface area contributed by atoms with E-state index in [4.69, 9.17) is 9.84 Å². The molecule has 0 atom stereocenters. The third-order valence-corrected chi connectivity index (χ3v) is 3.87. The normalized spacial score (nSPS) is 11.1. The first-order chi connectivity index (χ1) is 11.4. The lowest BCUT2D eigenvalue weighted by molar-refractivity contribution is -0.135. The average Bonchev–Trinajstić information content (AvgIpc) is 2.98. The van der Waals surface area contributed by atoms with E-state index in [1.807, 2.05) is 13.8 Å². The quantitative estimate of drug-likeness (QED) is 0.469. The minimum absolute atomic E-state index is 0.114. The zero-order chi connectivity index (χ0) is 17.7. The standard InChI is InChI=1S/C14H18N4O5S/c1-8(2)23-3-4-24-10-5-9(19)12(13-16-7-17-18(10)13)14(22)15-6-11(20)21/h5,7-8,19H,3-4,6H2,1-2H3,(H,15,22)(H,20,21). The molecule has 0 aliphatic rings. The topological polar surface area (TPSA) is 126 Å². The van der Waals surface area contributed by atoms with E-state index in [-0.39, 0.29) is 23.1 Å². The van der Waals surface area contributed by atoms with Crippen molar-refractivity contribution in [3.63, 3.8) is 0 Å². The van der Waals surface area contributed by atoms with Crippen LogP contribution in [0.1, 0.15) is 24.2 Å². The van der Waals surface area contributed by atoms with Gasteiger partial charge in [0.25, 0.3) is 5.91 Å². The van der Waals surface area contributed by atoms with Gasteiger partial charge in [-0.15, -0.1) is 11.8 Å². The van der Waals surface area contributed by atoms with Crippen molar-refractivity contribution in [3.05, 3.63) is 18.0 Å². The van der Waals surface area contributed by atoms with Gasteiger partial charge in [-0.2, -0.15) is 5.10 Å². The van der Waals surface area contributed by atoms with Crippen molar-refractivity contribution in [1.82, 2.24) is 19.9 Å². The van der Waals surface area contributed by atoms with Gasteiger partial charge in [0.2, 0.25) is 0 Å². The van der Waals surface area contributed by atoms with Gasteiger partial charge in [-0.3, -0.25) is 9.59 Å². The average molecular weight is 354 g/mol. The molecule has 2 aromatic heterocycles. The van der Waals surface area contributed by atoms with Crippen LogP contribution in [-0.2, 0) is 9.53 Å². The fourth-order valence-corrected chi connectivity index (χ4v) is 2.77. The van der Waals surface area contributed by atoms with E-state index in [0.29, 0.717) is 17.4 Å². The van der Waals surface area contributed by atoms with E-state index in [1.165, 1.54) is 28.7 Å². The number of thioether (sulfide) groups is 1. The summed E-state index contributed by atoms with van der Waals surface area (Å²) in [7, 11) is 0. The summed E-state index contributed by atoms with van der Waals surface area (Å²) < 4.78 is 6.88. The van der Waals surface area contributed by atoms with E-state index in [2.05, 4.69) is 15.4 Å². The number of aliphatic carboxylic acids is 1. The lowest BCUT2D eigenvalue weighted by Crippen LogP contribution is -2.29. The van der Waals surface area contributed by atoms with Crippen molar-refractivity contribution in [2.24, 2.45) is 0 Å². The molecule has 2 aromatic rings. The Morgan fingerprint density at radius 3 is 2.88 bits per heavy atom. The van der Waals surface area contributed by atoms with Gasteiger partial charge in [-0.25, -0.2) is 9.50 Å². The largest absolute Gasteiger partial charge is 0.507 e. The summed E-state index contributed by atoms with van der Waals surface area (Å²) >= 11 is 1.40. The minimum Gasteiger partial charge on any atom is -0.507 e. The number of hydrogen-bond donors (Lipinski definition) is 3. The fourth-order valence-electron chi connectivity index (χ4n) is 1.93. The maximum atomic E-state index is 12.1. The second-order valence-corrected chi connectivity index (χ2v) is 6.20. The molecule has 24 heavy (non-hydrogen) atoms. The van der Waals surface area contributed by atoms with Crippen LogP contribution in [0.15, 0.2) is 17.4 Å². The van der Waals surface area contributed by atoms with Crippen molar-refractivity contribution in [2.45, 2.75) is 25.0 Å².